The van der Waals surface area contributed by atoms with Crippen LogP contribution in [-0.4, -0.2) is 18.7 Å². The van der Waals surface area contributed by atoms with Crippen molar-refractivity contribution in [3.8, 4) is 16.9 Å². The Bertz CT molecular complexity index is 925. The molecule has 3 rings (SSSR count). The predicted octanol–water partition coefficient (Wildman–Crippen LogP) is 6.20. The minimum atomic E-state index is -0.600. The van der Waals surface area contributed by atoms with Crippen LogP contribution < -0.4 is 4.74 Å². The number of esters is 1. The molecule has 0 aliphatic carbocycles. The van der Waals surface area contributed by atoms with Gasteiger partial charge in [0.1, 0.15) is 16.9 Å². The molecule has 0 saturated heterocycles. The van der Waals surface area contributed by atoms with Gasteiger partial charge in [-0.15, -0.1) is 11.8 Å². The van der Waals surface area contributed by atoms with E-state index in [0.717, 1.165) is 21.6 Å². The summed E-state index contributed by atoms with van der Waals surface area (Å²) in [5.74, 6) is 0.737. The van der Waals surface area contributed by atoms with Crippen molar-refractivity contribution in [3.63, 3.8) is 0 Å². The molecule has 3 aromatic rings. The molecule has 0 spiro atoms. The van der Waals surface area contributed by atoms with Gasteiger partial charge >= 0.3 is 5.97 Å². The molecule has 0 aliphatic heterocycles. The third kappa shape index (κ3) is 4.78. The van der Waals surface area contributed by atoms with E-state index in [1.807, 2.05) is 57.2 Å². The lowest BCUT2D eigenvalue weighted by molar-refractivity contribution is 0.00657. The average molecular weight is 397 g/mol. The maximum atomic E-state index is 13.1. The van der Waals surface area contributed by atoms with Gasteiger partial charge in [0.05, 0.1) is 19.6 Å². The van der Waals surface area contributed by atoms with Crippen LogP contribution in [0.15, 0.2) is 70.4 Å². The van der Waals surface area contributed by atoms with Crippen LogP contribution in [0.25, 0.3) is 11.1 Å². The van der Waals surface area contributed by atoms with E-state index in [0.29, 0.717) is 17.1 Å². The summed E-state index contributed by atoms with van der Waals surface area (Å²) in [7, 11) is 1.57. The van der Waals surface area contributed by atoms with Crippen molar-refractivity contribution >= 4 is 17.7 Å². The van der Waals surface area contributed by atoms with Crippen molar-refractivity contribution in [1.82, 2.24) is 0 Å². The number of carbonyl (C=O) groups is 1. The standard InChI is InChI=1S/C23H24O4S/c1-23(2,3)27-22(24)20-17(15-28-18-8-6-5-7-9-18)10-11-19(21(20)25-4)16-12-13-26-14-16/h5-14H,15H2,1-4H3. The maximum Gasteiger partial charge on any atom is 0.342 e. The summed E-state index contributed by atoms with van der Waals surface area (Å²) >= 11 is 1.66. The summed E-state index contributed by atoms with van der Waals surface area (Å²) in [6, 6.07) is 15.8. The lowest BCUT2D eigenvalue weighted by Crippen LogP contribution is -2.25. The van der Waals surface area contributed by atoms with Gasteiger partial charge in [-0.05, 0) is 44.5 Å². The second-order valence-electron chi connectivity index (χ2n) is 7.30. The van der Waals surface area contributed by atoms with Gasteiger partial charge in [0.15, 0.2) is 0 Å². The first-order valence-electron chi connectivity index (χ1n) is 9.02. The average Bonchev–Trinajstić information content (AvgIpc) is 3.19. The molecule has 0 atom stereocenters. The molecule has 1 aromatic heterocycles. The fourth-order valence-electron chi connectivity index (χ4n) is 2.83. The van der Waals surface area contributed by atoms with Gasteiger partial charge in [-0.2, -0.15) is 0 Å². The van der Waals surface area contributed by atoms with Crippen LogP contribution in [0.3, 0.4) is 0 Å². The van der Waals surface area contributed by atoms with Gasteiger partial charge < -0.3 is 13.9 Å². The molecule has 0 bridgehead atoms. The van der Waals surface area contributed by atoms with Crippen molar-refractivity contribution in [2.75, 3.05) is 7.11 Å². The lowest BCUT2D eigenvalue weighted by Gasteiger charge is -2.22. The smallest absolute Gasteiger partial charge is 0.342 e. The van der Waals surface area contributed by atoms with Crippen molar-refractivity contribution in [1.29, 1.82) is 0 Å². The molecule has 0 saturated carbocycles. The van der Waals surface area contributed by atoms with E-state index in [9.17, 15) is 4.79 Å². The maximum absolute atomic E-state index is 13.1. The van der Waals surface area contributed by atoms with Crippen LogP contribution in [-0.2, 0) is 10.5 Å². The molecule has 0 unspecified atom stereocenters. The molecule has 0 N–H and O–H groups in total. The number of hydrogen-bond donors (Lipinski definition) is 0. The minimum Gasteiger partial charge on any atom is -0.495 e. The first kappa shape index (κ1) is 20.1. The topological polar surface area (TPSA) is 48.7 Å². The van der Waals surface area contributed by atoms with E-state index in [1.54, 1.807) is 31.4 Å². The third-order valence-corrected chi connectivity index (χ3v) is 5.08. The fourth-order valence-corrected chi connectivity index (χ4v) is 3.74. The van der Waals surface area contributed by atoms with Crippen molar-refractivity contribution < 1.29 is 18.7 Å². The molecule has 1 heterocycles. The normalized spacial score (nSPS) is 11.3. The molecule has 0 fully saturated rings. The molecule has 2 aromatic carbocycles. The number of methoxy groups -OCH3 is 1. The third-order valence-electron chi connectivity index (χ3n) is 4.02. The highest BCUT2D eigenvalue weighted by Crippen LogP contribution is 2.38. The van der Waals surface area contributed by atoms with Gasteiger partial charge in [-0.1, -0.05) is 30.3 Å². The summed E-state index contributed by atoms with van der Waals surface area (Å²) in [6.07, 6.45) is 3.23. The zero-order valence-electron chi connectivity index (χ0n) is 16.5. The van der Waals surface area contributed by atoms with Crippen molar-refractivity contribution in [2.45, 2.75) is 37.0 Å². The molecule has 4 nitrogen and oxygen atoms in total. The number of carbonyl (C=O) groups excluding carboxylic acids is 1. The fraction of sp³-hybridized carbons (Fsp3) is 0.261. The highest BCUT2D eigenvalue weighted by Gasteiger charge is 2.26. The number of hydrogen-bond acceptors (Lipinski definition) is 5. The van der Waals surface area contributed by atoms with Gasteiger partial charge in [0.2, 0.25) is 0 Å². The molecule has 0 radical (unpaired) electrons. The van der Waals surface area contributed by atoms with Gasteiger partial charge in [0.25, 0.3) is 0 Å². The molecule has 0 amide bonds. The Morgan fingerprint density at radius 2 is 1.82 bits per heavy atom. The molecule has 5 heteroatoms. The largest absolute Gasteiger partial charge is 0.495 e. The summed E-state index contributed by atoms with van der Waals surface area (Å²) in [5.41, 5.74) is 2.37. The Hall–Kier alpha value is -2.66. The Morgan fingerprint density at radius 1 is 1.07 bits per heavy atom. The second kappa shape index (κ2) is 8.57. The van der Waals surface area contributed by atoms with Crippen LogP contribution in [0.4, 0.5) is 0 Å². The van der Waals surface area contributed by atoms with Crippen LogP contribution in [0.5, 0.6) is 5.75 Å². The number of benzene rings is 2. The van der Waals surface area contributed by atoms with Crippen molar-refractivity contribution in [2.24, 2.45) is 0 Å². The minimum absolute atomic E-state index is 0.390. The Kier molecular flexibility index (Phi) is 6.15. The monoisotopic (exact) mass is 396 g/mol. The molecular formula is C23H24O4S. The first-order chi connectivity index (χ1) is 13.4. The Labute approximate surface area is 169 Å². The molecule has 146 valence electrons. The summed E-state index contributed by atoms with van der Waals surface area (Å²) < 4.78 is 16.6. The first-order valence-corrected chi connectivity index (χ1v) is 10.0. The summed E-state index contributed by atoms with van der Waals surface area (Å²) in [5, 5.41) is 0. The zero-order valence-corrected chi connectivity index (χ0v) is 17.3. The second-order valence-corrected chi connectivity index (χ2v) is 8.34. The predicted molar refractivity (Wildman–Crippen MR) is 112 cm³/mol. The summed E-state index contributed by atoms with van der Waals surface area (Å²) in [4.78, 5) is 14.2. The zero-order chi connectivity index (χ0) is 20.1. The van der Waals surface area contributed by atoms with Gasteiger partial charge in [-0.3, -0.25) is 0 Å². The van der Waals surface area contributed by atoms with Crippen LogP contribution in [0.1, 0.15) is 36.7 Å². The lowest BCUT2D eigenvalue weighted by atomic mass is 9.99. The summed E-state index contributed by atoms with van der Waals surface area (Å²) in [6.45, 7) is 5.57. The number of ether oxygens (including phenoxy) is 2. The van der Waals surface area contributed by atoms with Gasteiger partial charge in [0, 0.05) is 21.8 Å². The van der Waals surface area contributed by atoms with Crippen LogP contribution in [0.2, 0.25) is 0 Å². The van der Waals surface area contributed by atoms with E-state index in [2.05, 4.69) is 12.1 Å². The highest BCUT2D eigenvalue weighted by atomic mass is 32.2. The van der Waals surface area contributed by atoms with E-state index in [1.165, 1.54) is 0 Å². The highest BCUT2D eigenvalue weighted by molar-refractivity contribution is 7.98. The quantitative estimate of drug-likeness (QED) is 0.366. The van der Waals surface area contributed by atoms with E-state index in [-0.39, 0.29) is 0 Å². The van der Waals surface area contributed by atoms with Crippen LogP contribution >= 0.6 is 11.8 Å². The van der Waals surface area contributed by atoms with E-state index < -0.39 is 11.6 Å². The van der Waals surface area contributed by atoms with Crippen LogP contribution in [0, 0.1) is 0 Å². The SMILES string of the molecule is COc1c(-c2ccoc2)ccc(CSc2ccccc2)c1C(=O)OC(C)(C)C. The molecular weight excluding hydrogens is 372 g/mol. The Morgan fingerprint density at radius 3 is 2.43 bits per heavy atom. The number of thioether (sulfide) groups is 1. The van der Waals surface area contributed by atoms with Gasteiger partial charge in [-0.25, -0.2) is 4.79 Å². The Balaban J connectivity index is 2.03. The van der Waals surface area contributed by atoms with Crippen molar-refractivity contribution in [3.05, 3.63) is 72.2 Å². The molecule has 0 aliphatic rings. The number of rotatable bonds is 6. The molecule has 28 heavy (non-hydrogen) atoms. The number of furan rings is 1. The van der Waals surface area contributed by atoms with E-state index in [4.69, 9.17) is 13.9 Å². The van der Waals surface area contributed by atoms with E-state index >= 15 is 0 Å².